The van der Waals surface area contributed by atoms with Crippen molar-refractivity contribution in [2.45, 2.75) is 38.1 Å². The van der Waals surface area contributed by atoms with Gasteiger partial charge in [0.15, 0.2) is 0 Å². The van der Waals surface area contributed by atoms with Gasteiger partial charge in [-0.1, -0.05) is 0 Å². The van der Waals surface area contributed by atoms with Crippen LogP contribution in [0.25, 0.3) is 0 Å². The van der Waals surface area contributed by atoms with E-state index in [1.165, 1.54) is 38.8 Å². The molecular weight excluding hydrogens is 226 g/mol. The molecule has 1 amide bonds. The van der Waals surface area contributed by atoms with Crippen molar-refractivity contribution in [3.8, 4) is 0 Å². The molecule has 0 radical (unpaired) electrons. The molecule has 4 heteroatoms. The molecular formula is C14H27N3O. The van der Waals surface area contributed by atoms with Crippen LogP contribution in [0.3, 0.4) is 0 Å². The summed E-state index contributed by atoms with van der Waals surface area (Å²) in [5, 5.41) is 3.40. The summed E-state index contributed by atoms with van der Waals surface area (Å²) in [5.74, 6) is 0.994. The number of rotatable bonds is 6. The summed E-state index contributed by atoms with van der Waals surface area (Å²) in [5.41, 5.74) is 0. The fraction of sp³-hybridized carbons (Fsp3) is 0.929. The van der Waals surface area contributed by atoms with Crippen LogP contribution in [0.15, 0.2) is 0 Å². The third-order valence-corrected chi connectivity index (χ3v) is 4.15. The van der Waals surface area contributed by atoms with Gasteiger partial charge in [-0.25, -0.2) is 0 Å². The summed E-state index contributed by atoms with van der Waals surface area (Å²) < 4.78 is 0. The predicted molar refractivity (Wildman–Crippen MR) is 73.5 cm³/mol. The number of piperidine rings is 1. The van der Waals surface area contributed by atoms with E-state index in [2.05, 4.69) is 17.3 Å². The minimum atomic E-state index is 0.294. The molecule has 18 heavy (non-hydrogen) atoms. The Morgan fingerprint density at radius 2 is 1.94 bits per heavy atom. The lowest BCUT2D eigenvalue weighted by Gasteiger charge is -2.31. The van der Waals surface area contributed by atoms with E-state index in [0.29, 0.717) is 24.3 Å². The molecule has 0 aromatic carbocycles. The first-order valence-electron chi connectivity index (χ1n) is 7.31. The van der Waals surface area contributed by atoms with Crippen molar-refractivity contribution >= 4 is 5.91 Å². The number of likely N-dealkylation sites (tertiary alicyclic amines) is 1. The summed E-state index contributed by atoms with van der Waals surface area (Å²) in [6.07, 6.45) is 5.70. The molecule has 1 aliphatic heterocycles. The van der Waals surface area contributed by atoms with E-state index in [0.717, 1.165) is 13.1 Å². The molecule has 4 nitrogen and oxygen atoms in total. The monoisotopic (exact) mass is 253 g/mol. The summed E-state index contributed by atoms with van der Waals surface area (Å²) in [6.45, 7) is 4.14. The van der Waals surface area contributed by atoms with Gasteiger partial charge >= 0.3 is 0 Å². The average molecular weight is 253 g/mol. The number of carbonyl (C=O) groups is 1. The lowest BCUT2D eigenvalue weighted by molar-refractivity contribution is -0.130. The maximum atomic E-state index is 12.0. The fourth-order valence-corrected chi connectivity index (χ4v) is 2.60. The second-order valence-electron chi connectivity index (χ2n) is 6.00. The standard InChI is InChI=1S/C14H27N3O/c1-16-9-6-12(7-10-16)11-17(2)14(18)5-8-15-13-3-4-13/h12-13,15H,3-11H2,1-2H3. The smallest absolute Gasteiger partial charge is 0.223 e. The van der Waals surface area contributed by atoms with Crippen LogP contribution in [0.4, 0.5) is 0 Å². The highest BCUT2D eigenvalue weighted by atomic mass is 16.2. The minimum Gasteiger partial charge on any atom is -0.345 e. The van der Waals surface area contributed by atoms with Crippen molar-refractivity contribution in [1.29, 1.82) is 0 Å². The molecule has 1 aliphatic carbocycles. The van der Waals surface area contributed by atoms with Crippen molar-refractivity contribution in [1.82, 2.24) is 15.1 Å². The molecule has 1 N–H and O–H groups in total. The van der Waals surface area contributed by atoms with Crippen LogP contribution in [-0.2, 0) is 4.79 Å². The maximum absolute atomic E-state index is 12.0. The molecule has 1 saturated heterocycles. The SMILES string of the molecule is CN1CCC(CN(C)C(=O)CCNC2CC2)CC1. The molecule has 0 spiro atoms. The summed E-state index contributed by atoms with van der Waals surface area (Å²) >= 11 is 0. The zero-order valence-corrected chi connectivity index (χ0v) is 11.8. The average Bonchev–Trinajstić information content (AvgIpc) is 3.16. The molecule has 2 fully saturated rings. The van der Waals surface area contributed by atoms with Crippen LogP contribution < -0.4 is 5.32 Å². The molecule has 104 valence electrons. The zero-order valence-electron chi connectivity index (χ0n) is 11.8. The summed E-state index contributed by atoms with van der Waals surface area (Å²) in [6, 6.07) is 0.706. The molecule has 1 saturated carbocycles. The third kappa shape index (κ3) is 4.58. The Morgan fingerprint density at radius 3 is 2.56 bits per heavy atom. The Labute approximate surface area is 111 Å². The Bertz CT molecular complexity index is 270. The van der Waals surface area contributed by atoms with Crippen LogP contribution in [0.5, 0.6) is 0 Å². The fourth-order valence-electron chi connectivity index (χ4n) is 2.60. The Hall–Kier alpha value is -0.610. The number of amides is 1. The number of hydrogen-bond acceptors (Lipinski definition) is 3. The zero-order chi connectivity index (χ0) is 13.0. The van der Waals surface area contributed by atoms with Gasteiger partial charge < -0.3 is 15.1 Å². The van der Waals surface area contributed by atoms with Crippen molar-refractivity contribution in [3.63, 3.8) is 0 Å². The topological polar surface area (TPSA) is 35.6 Å². The Kier molecular flexibility index (Phi) is 5.01. The van der Waals surface area contributed by atoms with Crippen LogP contribution in [0.1, 0.15) is 32.1 Å². The summed E-state index contributed by atoms with van der Waals surface area (Å²) in [7, 11) is 4.13. The van der Waals surface area contributed by atoms with Gasteiger partial charge in [0.25, 0.3) is 0 Å². The van der Waals surface area contributed by atoms with Crippen LogP contribution in [0, 0.1) is 5.92 Å². The molecule has 0 bridgehead atoms. The van der Waals surface area contributed by atoms with Gasteiger partial charge in [0.2, 0.25) is 5.91 Å². The highest BCUT2D eigenvalue weighted by Crippen LogP contribution is 2.19. The van der Waals surface area contributed by atoms with E-state index in [9.17, 15) is 4.79 Å². The van der Waals surface area contributed by atoms with E-state index < -0.39 is 0 Å². The summed E-state index contributed by atoms with van der Waals surface area (Å²) in [4.78, 5) is 16.3. The lowest BCUT2D eigenvalue weighted by Crippen LogP contribution is -2.38. The lowest BCUT2D eigenvalue weighted by atomic mass is 9.96. The molecule has 0 unspecified atom stereocenters. The molecule has 2 aliphatic rings. The first-order valence-corrected chi connectivity index (χ1v) is 7.31. The first-order chi connectivity index (χ1) is 8.65. The predicted octanol–water partition coefficient (Wildman–Crippen LogP) is 0.929. The van der Waals surface area contributed by atoms with Gasteiger partial charge in [-0.2, -0.15) is 0 Å². The number of carbonyl (C=O) groups excluding carboxylic acids is 1. The molecule has 0 atom stereocenters. The third-order valence-electron chi connectivity index (χ3n) is 4.15. The molecule has 0 aromatic heterocycles. The van der Waals surface area contributed by atoms with Gasteiger partial charge in [0, 0.05) is 32.6 Å². The first kappa shape index (κ1) is 13.8. The van der Waals surface area contributed by atoms with Crippen LogP contribution in [-0.4, -0.2) is 62.0 Å². The van der Waals surface area contributed by atoms with Crippen molar-refractivity contribution in [3.05, 3.63) is 0 Å². The highest BCUT2D eigenvalue weighted by Gasteiger charge is 2.22. The molecule has 0 aromatic rings. The Balaban J connectivity index is 1.60. The van der Waals surface area contributed by atoms with E-state index >= 15 is 0 Å². The van der Waals surface area contributed by atoms with Gasteiger partial charge in [-0.3, -0.25) is 4.79 Å². The van der Waals surface area contributed by atoms with Crippen molar-refractivity contribution in [2.75, 3.05) is 40.3 Å². The van der Waals surface area contributed by atoms with E-state index in [1.807, 2.05) is 11.9 Å². The van der Waals surface area contributed by atoms with Crippen LogP contribution in [0.2, 0.25) is 0 Å². The van der Waals surface area contributed by atoms with Crippen molar-refractivity contribution < 1.29 is 4.79 Å². The second kappa shape index (κ2) is 6.53. The van der Waals surface area contributed by atoms with E-state index in [4.69, 9.17) is 0 Å². The van der Waals surface area contributed by atoms with Crippen LogP contribution >= 0.6 is 0 Å². The number of hydrogen-bond donors (Lipinski definition) is 1. The highest BCUT2D eigenvalue weighted by molar-refractivity contribution is 5.76. The molecule has 1 heterocycles. The van der Waals surface area contributed by atoms with Gasteiger partial charge in [-0.15, -0.1) is 0 Å². The largest absolute Gasteiger partial charge is 0.345 e. The minimum absolute atomic E-state index is 0.294. The van der Waals surface area contributed by atoms with E-state index in [1.54, 1.807) is 0 Å². The Morgan fingerprint density at radius 1 is 1.28 bits per heavy atom. The van der Waals surface area contributed by atoms with Gasteiger partial charge in [-0.05, 0) is 51.7 Å². The van der Waals surface area contributed by atoms with Crippen molar-refractivity contribution in [2.24, 2.45) is 5.92 Å². The van der Waals surface area contributed by atoms with Gasteiger partial charge in [0.1, 0.15) is 0 Å². The van der Waals surface area contributed by atoms with E-state index in [-0.39, 0.29) is 0 Å². The van der Waals surface area contributed by atoms with Gasteiger partial charge in [0.05, 0.1) is 0 Å². The molecule has 2 rings (SSSR count). The maximum Gasteiger partial charge on any atom is 0.223 e. The second-order valence-corrected chi connectivity index (χ2v) is 6.00. The normalized spacial score (nSPS) is 22.1. The quantitative estimate of drug-likeness (QED) is 0.765. The number of nitrogens with one attached hydrogen (secondary N) is 1. The number of nitrogens with zero attached hydrogens (tertiary/aromatic N) is 2.